The maximum Gasteiger partial charge on any atom is 0.322 e. The highest BCUT2D eigenvalue weighted by Crippen LogP contribution is 2.13. The van der Waals surface area contributed by atoms with E-state index in [9.17, 15) is 4.79 Å². The highest BCUT2D eigenvalue weighted by atomic mass is 16.4. The molecule has 1 saturated heterocycles. The molecule has 5 heteroatoms. The van der Waals surface area contributed by atoms with Crippen LogP contribution in [0.2, 0.25) is 0 Å². The van der Waals surface area contributed by atoms with Crippen LogP contribution in [0, 0.1) is 5.92 Å². The first-order chi connectivity index (χ1) is 7.63. The highest BCUT2D eigenvalue weighted by molar-refractivity contribution is 5.73. The minimum Gasteiger partial charge on any atom is -0.480 e. The van der Waals surface area contributed by atoms with Crippen molar-refractivity contribution in [2.24, 2.45) is 5.92 Å². The maximum atomic E-state index is 10.8. The number of likely N-dealkylation sites (tertiary alicyclic amines) is 1. The number of nitrogens with one attached hydrogen (secondary N) is 2. The summed E-state index contributed by atoms with van der Waals surface area (Å²) in [5, 5.41) is 14.9. The lowest BCUT2D eigenvalue weighted by atomic mass is 9.98. The summed E-state index contributed by atoms with van der Waals surface area (Å²) < 4.78 is 0. The van der Waals surface area contributed by atoms with Crippen LogP contribution in [0.1, 0.15) is 12.8 Å². The van der Waals surface area contributed by atoms with Crippen molar-refractivity contribution in [3.8, 4) is 0 Å². The van der Waals surface area contributed by atoms with Gasteiger partial charge in [0.25, 0.3) is 0 Å². The third-order valence-electron chi connectivity index (χ3n) is 3.15. The van der Waals surface area contributed by atoms with E-state index < -0.39 is 12.0 Å². The molecule has 0 spiro atoms. The van der Waals surface area contributed by atoms with Gasteiger partial charge in [0.1, 0.15) is 6.04 Å². The molecule has 0 aromatic carbocycles. The fourth-order valence-corrected chi connectivity index (χ4v) is 2.18. The van der Waals surface area contributed by atoms with E-state index in [4.69, 9.17) is 5.11 Å². The number of carboxylic acid groups (broad SMARTS) is 1. The summed E-state index contributed by atoms with van der Waals surface area (Å²) in [4.78, 5) is 13.1. The largest absolute Gasteiger partial charge is 0.480 e. The Morgan fingerprint density at radius 2 is 2.38 bits per heavy atom. The molecule has 0 amide bonds. The molecule has 2 atom stereocenters. The third-order valence-corrected chi connectivity index (χ3v) is 3.15. The van der Waals surface area contributed by atoms with Crippen molar-refractivity contribution in [3.63, 3.8) is 0 Å². The summed E-state index contributed by atoms with van der Waals surface area (Å²) in [7, 11) is 3.81. The number of aliphatic carboxylic acids is 1. The average molecular weight is 229 g/mol. The van der Waals surface area contributed by atoms with Crippen LogP contribution >= 0.6 is 0 Å². The number of likely N-dealkylation sites (N-methyl/N-ethyl adjacent to an activating group) is 1. The van der Waals surface area contributed by atoms with Crippen LogP contribution in [0.25, 0.3) is 0 Å². The molecule has 0 aromatic heterocycles. The van der Waals surface area contributed by atoms with Gasteiger partial charge in [-0.2, -0.15) is 0 Å². The zero-order valence-electron chi connectivity index (χ0n) is 10.2. The molecular formula is C11H23N3O2. The van der Waals surface area contributed by atoms with Gasteiger partial charge in [0, 0.05) is 13.1 Å². The zero-order valence-corrected chi connectivity index (χ0v) is 10.2. The first-order valence-corrected chi connectivity index (χ1v) is 5.92. The Hall–Kier alpha value is -0.650. The molecule has 0 aliphatic carbocycles. The molecule has 0 bridgehead atoms. The SMILES string of the molecule is CNC(CNCC1CCCN(C)C1)C(=O)O. The Kier molecular flexibility index (Phi) is 5.73. The van der Waals surface area contributed by atoms with Gasteiger partial charge in [-0.25, -0.2) is 0 Å². The molecule has 1 heterocycles. The van der Waals surface area contributed by atoms with E-state index >= 15 is 0 Å². The second kappa shape index (κ2) is 6.83. The van der Waals surface area contributed by atoms with Gasteiger partial charge in [0.05, 0.1) is 0 Å². The number of carboxylic acids is 1. The molecular weight excluding hydrogens is 206 g/mol. The van der Waals surface area contributed by atoms with Crippen molar-refractivity contribution in [1.29, 1.82) is 0 Å². The van der Waals surface area contributed by atoms with Crippen LogP contribution in [-0.2, 0) is 4.79 Å². The zero-order chi connectivity index (χ0) is 12.0. The summed E-state index contributed by atoms with van der Waals surface area (Å²) in [5.41, 5.74) is 0. The van der Waals surface area contributed by atoms with E-state index in [0.29, 0.717) is 12.5 Å². The number of piperidine rings is 1. The molecule has 0 aromatic rings. The molecule has 94 valence electrons. The molecule has 0 saturated carbocycles. The Morgan fingerprint density at radius 1 is 1.62 bits per heavy atom. The number of hydrogen-bond donors (Lipinski definition) is 3. The van der Waals surface area contributed by atoms with Gasteiger partial charge in [-0.15, -0.1) is 0 Å². The van der Waals surface area contributed by atoms with Crippen molar-refractivity contribution in [1.82, 2.24) is 15.5 Å². The standard InChI is InChI=1S/C11H23N3O2/c1-12-10(11(15)16)7-13-6-9-4-3-5-14(2)8-9/h9-10,12-13H,3-8H2,1-2H3,(H,15,16). The monoisotopic (exact) mass is 229 g/mol. The number of nitrogens with zero attached hydrogens (tertiary/aromatic N) is 1. The normalized spacial score (nSPS) is 24.2. The van der Waals surface area contributed by atoms with Gasteiger partial charge >= 0.3 is 5.97 Å². The van der Waals surface area contributed by atoms with Gasteiger partial charge in [-0.3, -0.25) is 4.79 Å². The maximum absolute atomic E-state index is 10.8. The molecule has 1 fully saturated rings. The molecule has 1 rings (SSSR count). The van der Waals surface area contributed by atoms with Gasteiger partial charge < -0.3 is 20.6 Å². The fraction of sp³-hybridized carbons (Fsp3) is 0.909. The van der Waals surface area contributed by atoms with Crippen LogP contribution in [0.4, 0.5) is 0 Å². The Labute approximate surface area is 97.2 Å². The molecule has 1 aliphatic rings. The lowest BCUT2D eigenvalue weighted by Gasteiger charge is -2.30. The van der Waals surface area contributed by atoms with Crippen molar-refractivity contribution < 1.29 is 9.90 Å². The van der Waals surface area contributed by atoms with Crippen molar-refractivity contribution in [2.45, 2.75) is 18.9 Å². The summed E-state index contributed by atoms with van der Waals surface area (Å²) in [5.74, 6) is -0.138. The average Bonchev–Trinajstić information content (AvgIpc) is 2.24. The molecule has 5 nitrogen and oxygen atoms in total. The number of hydrogen-bond acceptors (Lipinski definition) is 4. The third kappa shape index (κ3) is 4.47. The minimum atomic E-state index is -0.796. The summed E-state index contributed by atoms with van der Waals surface area (Å²) >= 11 is 0. The van der Waals surface area contributed by atoms with Crippen molar-refractivity contribution in [3.05, 3.63) is 0 Å². The lowest BCUT2D eigenvalue weighted by Crippen LogP contribution is -2.45. The van der Waals surface area contributed by atoms with E-state index in [1.54, 1.807) is 7.05 Å². The number of rotatable bonds is 6. The topological polar surface area (TPSA) is 64.6 Å². The van der Waals surface area contributed by atoms with E-state index in [-0.39, 0.29) is 0 Å². The van der Waals surface area contributed by atoms with Gasteiger partial charge in [-0.05, 0) is 45.9 Å². The van der Waals surface area contributed by atoms with Crippen LogP contribution in [0.5, 0.6) is 0 Å². The van der Waals surface area contributed by atoms with Gasteiger partial charge in [0.15, 0.2) is 0 Å². The highest BCUT2D eigenvalue weighted by Gasteiger charge is 2.18. The quantitative estimate of drug-likeness (QED) is 0.578. The van der Waals surface area contributed by atoms with Crippen LogP contribution in [0.3, 0.4) is 0 Å². The molecule has 3 N–H and O–H groups in total. The van der Waals surface area contributed by atoms with E-state index in [2.05, 4.69) is 22.6 Å². The molecule has 1 aliphatic heterocycles. The van der Waals surface area contributed by atoms with Crippen LogP contribution in [0.15, 0.2) is 0 Å². The smallest absolute Gasteiger partial charge is 0.322 e. The Balaban J connectivity index is 2.16. The Morgan fingerprint density at radius 3 is 2.94 bits per heavy atom. The van der Waals surface area contributed by atoms with Crippen molar-refractivity contribution in [2.75, 3.05) is 40.3 Å². The Bertz CT molecular complexity index is 223. The lowest BCUT2D eigenvalue weighted by molar-refractivity contribution is -0.139. The molecule has 0 radical (unpaired) electrons. The predicted molar refractivity (Wildman–Crippen MR) is 63.6 cm³/mol. The van der Waals surface area contributed by atoms with E-state index in [1.807, 2.05) is 0 Å². The fourth-order valence-electron chi connectivity index (χ4n) is 2.18. The summed E-state index contributed by atoms with van der Waals surface area (Å²) in [6.07, 6.45) is 2.49. The van der Waals surface area contributed by atoms with Gasteiger partial charge in [-0.1, -0.05) is 0 Å². The first-order valence-electron chi connectivity index (χ1n) is 5.92. The molecule has 2 unspecified atom stereocenters. The van der Waals surface area contributed by atoms with Crippen LogP contribution < -0.4 is 10.6 Å². The first kappa shape index (κ1) is 13.4. The second-order valence-corrected chi connectivity index (χ2v) is 4.61. The minimum absolute atomic E-state index is 0.485. The van der Waals surface area contributed by atoms with Crippen LogP contribution in [-0.4, -0.2) is 62.3 Å². The summed E-state index contributed by atoms with van der Waals surface area (Å²) in [6, 6.07) is -0.485. The second-order valence-electron chi connectivity index (χ2n) is 4.61. The van der Waals surface area contributed by atoms with Crippen molar-refractivity contribution >= 4 is 5.97 Å². The van der Waals surface area contributed by atoms with Gasteiger partial charge in [0.2, 0.25) is 0 Å². The van der Waals surface area contributed by atoms with E-state index in [1.165, 1.54) is 19.4 Å². The van der Waals surface area contributed by atoms with E-state index in [0.717, 1.165) is 13.1 Å². The molecule has 16 heavy (non-hydrogen) atoms. The predicted octanol–water partition coefficient (Wildman–Crippen LogP) is -0.410. The number of carbonyl (C=O) groups is 1. The summed E-state index contributed by atoms with van der Waals surface area (Å²) in [6.45, 7) is 3.71.